The van der Waals surface area contributed by atoms with Crippen molar-refractivity contribution in [2.75, 3.05) is 26.4 Å². The molecule has 0 N–H and O–H groups in total. The Hall–Kier alpha value is -2.66. The number of fused-ring (bicyclic) bond motifs is 1. The number of para-hydroxylation sites is 1. The topological polar surface area (TPSA) is 53.5 Å². The molecule has 0 bridgehead atoms. The largest absolute Gasteiger partial charge is 0.491 e. The number of nitrogens with zero attached hydrogens (tertiary/aromatic N) is 2. The quantitative estimate of drug-likeness (QED) is 0.573. The normalized spacial score (nSPS) is 10.9. The molecule has 3 aromatic rings. The molecule has 0 amide bonds. The molecule has 1 heterocycles. The molecular weight excluding hydrogens is 328 g/mol. The average Bonchev–Trinajstić information content (AvgIpc) is 2.64. The molecule has 0 spiro atoms. The number of hydrogen-bond donors (Lipinski definition) is 0. The first-order chi connectivity index (χ1) is 12.6. The summed E-state index contributed by atoms with van der Waals surface area (Å²) in [5.41, 5.74) is 4.49. The van der Waals surface area contributed by atoms with E-state index in [1.807, 2.05) is 24.3 Å². The van der Waals surface area contributed by atoms with E-state index in [9.17, 15) is 0 Å². The van der Waals surface area contributed by atoms with Gasteiger partial charge in [-0.2, -0.15) is 0 Å². The van der Waals surface area contributed by atoms with Gasteiger partial charge in [0.1, 0.15) is 25.3 Å². The summed E-state index contributed by atoms with van der Waals surface area (Å²) < 4.78 is 17.1. The van der Waals surface area contributed by atoms with Crippen LogP contribution in [0.3, 0.4) is 0 Å². The van der Waals surface area contributed by atoms with Gasteiger partial charge in [0.15, 0.2) is 0 Å². The van der Waals surface area contributed by atoms with Crippen LogP contribution in [-0.4, -0.2) is 36.4 Å². The van der Waals surface area contributed by atoms with Crippen LogP contribution in [0.5, 0.6) is 11.6 Å². The molecule has 0 aliphatic carbocycles. The Balaban J connectivity index is 1.40. The van der Waals surface area contributed by atoms with Crippen molar-refractivity contribution in [3.63, 3.8) is 0 Å². The Bertz CT molecular complexity index is 875. The Labute approximate surface area is 154 Å². The van der Waals surface area contributed by atoms with E-state index < -0.39 is 0 Å². The van der Waals surface area contributed by atoms with Crippen molar-refractivity contribution in [3.05, 3.63) is 59.4 Å². The minimum absolute atomic E-state index is 0.434. The maximum atomic E-state index is 5.83. The zero-order valence-corrected chi connectivity index (χ0v) is 15.5. The first-order valence-corrected chi connectivity index (χ1v) is 8.76. The summed E-state index contributed by atoms with van der Waals surface area (Å²) in [5, 5.41) is 0.906. The molecule has 3 rings (SSSR count). The molecule has 0 radical (unpaired) electrons. The van der Waals surface area contributed by atoms with E-state index in [0.717, 1.165) is 16.7 Å². The number of aromatic nitrogens is 2. The van der Waals surface area contributed by atoms with Crippen LogP contribution in [-0.2, 0) is 4.74 Å². The summed E-state index contributed by atoms with van der Waals surface area (Å²) in [4.78, 5) is 8.41. The van der Waals surface area contributed by atoms with Crippen LogP contribution >= 0.6 is 0 Å². The second kappa shape index (κ2) is 8.63. The van der Waals surface area contributed by atoms with E-state index in [-0.39, 0.29) is 0 Å². The lowest BCUT2D eigenvalue weighted by atomic mass is 10.1. The van der Waals surface area contributed by atoms with Crippen LogP contribution in [0.15, 0.2) is 42.7 Å². The highest BCUT2D eigenvalue weighted by Crippen LogP contribution is 2.23. The predicted octanol–water partition coefficient (Wildman–Crippen LogP) is 4.03. The molecule has 0 aliphatic heterocycles. The molecular formula is C21H24N2O3. The third kappa shape index (κ3) is 4.49. The lowest BCUT2D eigenvalue weighted by molar-refractivity contribution is 0.0755. The number of rotatable bonds is 8. The van der Waals surface area contributed by atoms with Crippen LogP contribution in [0, 0.1) is 20.8 Å². The first kappa shape index (κ1) is 18.1. The van der Waals surface area contributed by atoms with E-state index in [1.54, 1.807) is 0 Å². The second-order valence-electron chi connectivity index (χ2n) is 6.21. The molecule has 5 heteroatoms. The zero-order valence-electron chi connectivity index (χ0n) is 15.5. The fourth-order valence-corrected chi connectivity index (χ4v) is 2.76. The van der Waals surface area contributed by atoms with Crippen molar-refractivity contribution < 1.29 is 14.2 Å². The number of ether oxygens (including phenoxy) is 3. The first-order valence-electron chi connectivity index (χ1n) is 8.76. The van der Waals surface area contributed by atoms with Crippen LogP contribution in [0.4, 0.5) is 0 Å². The maximum absolute atomic E-state index is 5.83. The Morgan fingerprint density at radius 2 is 1.62 bits per heavy atom. The Morgan fingerprint density at radius 1 is 0.846 bits per heavy atom. The van der Waals surface area contributed by atoms with E-state index in [4.69, 9.17) is 14.2 Å². The Kier molecular flexibility index (Phi) is 6.02. The van der Waals surface area contributed by atoms with Crippen molar-refractivity contribution in [1.29, 1.82) is 0 Å². The van der Waals surface area contributed by atoms with Crippen LogP contribution in [0.1, 0.15) is 16.7 Å². The van der Waals surface area contributed by atoms with Gasteiger partial charge in [-0.3, -0.25) is 0 Å². The summed E-state index contributed by atoms with van der Waals surface area (Å²) in [5.74, 6) is 1.51. The van der Waals surface area contributed by atoms with Crippen molar-refractivity contribution in [2.24, 2.45) is 0 Å². The molecule has 0 unspecified atom stereocenters. The van der Waals surface area contributed by atoms with Crippen LogP contribution in [0.25, 0.3) is 10.9 Å². The molecule has 0 atom stereocenters. The highest BCUT2D eigenvalue weighted by molar-refractivity contribution is 5.82. The van der Waals surface area contributed by atoms with Gasteiger partial charge in [-0.25, -0.2) is 9.97 Å². The fourth-order valence-electron chi connectivity index (χ4n) is 2.76. The van der Waals surface area contributed by atoms with Gasteiger partial charge in [-0.15, -0.1) is 0 Å². The number of hydrogen-bond acceptors (Lipinski definition) is 5. The molecule has 0 fully saturated rings. The van der Waals surface area contributed by atoms with Gasteiger partial charge in [-0.05, 0) is 55.7 Å². The molecule has 2 aromatic carbocycles. The van der Waals surface area contributed by atoms with Gasteiger partial charge < -0.3 is 14.2 Å². The molecule has 0 saturated carbocycles. The molecule has 1 aromatic heterocycles. The van der Waals surface area contributed by atoms with Crippen molar-refractivity contribution in [2.45, 2.75) is 20.8 Å². The van der Waals surface area contributed by atoms with E-state index >= 15 is 0 Å². The molecule has 5 nitrogen and oxygen atoms in total. The fraction of sp³-hybridized carbons (Fsp3) is 0.333. The highest BCUT2D eigenvalue weighted by atomic mass is 16.5. The van der Waals surface area contributed by atoms with Crippen molar-refractivity contribution in [1.82, 2.24) is 9.97 Å². The monoisotopic (exact) mass is 352 g/mol. The predicted molar refractivity (Wildman–Crippen MR) is 102 cm³/mol. The smallest absolute Gasteiger partial charge is 0.224 e. The molecule has 136 valence electrons. The van der Waals surface area contributed by atoms with Crippen molar-refractivity contribution >= 4 is 10.9 Å². The van der Waals surface area contributed by atoms with E-state index in [1.165, 1.54) is 23.0 Å². The molecule has 0 saturated heterocycles. The summed E-state index contributed by atoms with van der Waals surface area (Å²) in [6, 6.07) is 12.0. The number of benzene rings is 2. The minimum Gasteiger partial charge on any atom is -0.491 e. The minimum atomic E-state index is 0.434. The standard InChI is InChI=1S/C21H24N2O3/c1-15-12-16(2)17(3)20(13-15)25-10-8-24-9-11-26-21-18-6-4-5-7-19(18)22-14-23-21/h4-7,12-14H,8-11H2,1-3H3. The summed E-state index contributed by atoms with van der Waals surface area (Å²) in [6.07, 6.45) is 1.51. The molecule has 26 heavy (non-hydrogen) atoms. The summed E-state index contributed by atoms with van der Waals surface area (Å²) in [7, 11) is 0. The van der Waals surface area contributed by atoms with Gasteiger partial charge in [0.05, 0.1) is 24.1 Å². The molecule has 0 aliphatic rings. The zero-order chi connectivity index (χ0) is 18.4. The third-order valence-corrected chi connectivity index (χ3v) is 4.22. The average molecular weight is 352 g/mol. The Morgan fingerprint density at radius 3 is 2.46 bits per heavy atom. The summed E-state index contributed by atoms with van der Waals surface area (Å²) in [6.45, 7) is 8.19. The van der Waals surface area contributed by atoms with Crippen LogP contribution in [0.2, 0.25) is 0 Å². The van der Waals surface area contributed by atoms with Crippen LogP contribution < -0.4 is 9.47 Å². The highest BCUT2D eigenvalue weighted by Gasteiger charge is 2.05. The number of aryl methyl sites for hydroxylation is 2. The third-order valence-electron chi connectivity index (χ3n) is 4.22. The lowest BCUT2D eigenvalue weighted by Crippen LogP contribution is -2.13. The SMILES string of the molecule is Cc1cc(C)c(C)c(OCCOCCOc2ncnc3ccccc23)c1. The van der Waals surface area contributed by atoms with Gasteiger partial charge in [0, 0.05) is 0 Å². The van der Waals surface area contributed by atoms with Gasteiger partial charge in [0.2, 0.25) is 5.88 Å². The van der Waals surface area contributed by atoms with E-state index in [2.05, 4.69) is 42.9 Å². The lowest BCUT2D eigenvalue weighted by Gasteiger charge is -2.13. The maximum Gasteiger partial charge on any atom is 0.224 e. The van der Waals surface area contributed by atoms with Gasteiger partial charge >= 0.3 is 0 Å². The van der Waals surface area contributed by atoms with E-state index in [0.29, 0.717) is 32.3 Å². The second-order valence-corrected chi connectivity index (χ2v) is 6.21. The van der Waals surface area contributed by atoms with Gasteiger partial charge in [0.25, 0.3) is 0 Å². The van der Waals surface area contributed by atoms with Crippen molar-refractivity contribution in [3.8, 4) is 11.6 Å². The summed E-state index contributed by atoms with van der Waals surface area (Å²) >= 11 is 0. The van der Waals surface area contributed by atoms with Gasteiger partial charge in [-0.1, -0.05) is 18.2 Å².